The molecule has 13 heteroatoms. The molecule has 0 unspecified atom stereocenters. The lowest BCUT2D eigenvalue weighted by molar-refractivity contribution is -0.311. The Kier molecular flexibility index (Phi) is 10.6. The summed E-state index contributed by atoms with van der Waals surface area (Å²) >= 11 is 0. The van der Waals surface area contributed by atoms with Crippen LogP contribution in [0.5, 0.6) is 0 Å². The molecule has 7 rings (SSSR count). The van der Waals surface area contributed by atoms with Crippen molar-refractivity contribution in [2.24, 2.45) is 50.7 Å². The Morgan fingerprint density at radius 1 is 0.774 bits per heavy atom. The summed E-state index contributed by atoms with van der Waals surface area (Å²) in [4.78, 5) is 14.4. The molecule has 6 fully saturated rings. The molecule has 0 aromatic heterocycles. The molecule has 4 saturated carbocycles. The fourth-order valence-corrected chi connectivity index (χ4v) is 13.0. The summed E-state index contributed by atoms with van der Waals surface area (Å²) in [6.07, 6.45) is -2.76. The minimum absolute atomic E-state index is 0.00715. The van der Waals surface area contributed by atoms with Gasteiger partial charge in [0, 0.05) is 5.41 Å². The topological polar surface area (TPSA) is 216 Å². The first kappa shape index (κ1) is 40.0. The van der Waals surface area contributed by atoms with Gasteiger partial charge in [-0.05, 0) is 104 Å². The summed E-state index contributed by atoms with van der Waals surface area (Å²) < 4.78 is 23.6. The first-order valence-electron chi connectivity index (χ1n) is 20.0. The molecule has 2 heterocycles. The summed E-state index contributed by atoms with van der Waals surface area (Å²) in [6, 6.07) is 0. The summed E-state index contributed by atoms with van der Waals surface area (Å²) in [5, 5.41) is 83.2. The van der Waals surface area contributed by atoms with Crippen molar-refractivity contribution in [1.82, 2.24) is 0 Å². The lowest BCUT2D eigenvalue weighted by Gasteiger charge is -2.68. The van der Waals surface area contributed by atoms with Crippen LogP contribution in [0.15, 0.2) is 11.6 Å². The number of esters is 1. The molecule has 8 N–H and O–H groups in total. The van der Waals surface area contributed by atoms with Gasteiger partial charge in [-0.15, -0.1) is 0 Å². The van der Waals surface area contributed by atoms with Crippen LogP contribution in [0.3, 0.4) is 0 Å². The number of carbonyl (C=O) groups excluding carboxylic acids is 1. The Morgan fingerprint density at radius 3 is 2.17 bits per heavy atom. The molecule has 0 radical (unpaired) electrons. The maximum absolute atomic E-state index is 14.4. The van der Waals surface area contributed by atoms with Crippen molar-refractivity contribution in [3.05, 3.63) is 11.6 Å². The van der Waals surface area contributed by atoms with Crippen LogP contribution in [-0.4, -0.2) is 128 Å². The Balaban J connectivity index is 1.15. The van der Waals surface area contributed by atoms with Gasteiger partial charge in [0.05, 0.1) is 31.3 Å². The van der Waals surface area contributed by atoms with Gasteiger partial charge in [0.1, 0.15) is 42.7 Å². The fraction of sp³-hybridized carbons (Fsp3) is 0.925. The van der Waals surface area contributed by atoms with Crippen molar-refractivity contribution in [2.45, 2.75) is 160 Å². The van der Waals surface area contributed by atoms with E-state index >= 15 is 0 Å². The molecule has 0 bridgehead atoms. The molecule has 0 spiro atoms. The molecule has 13 nitrogen and oxygen atoms in total. The monoisotopic (exact) mass is 752 g/mol. The second kappa shape index (κ2) is 14.0. The summed E-state index contributed by atoms with van der Waals surface area (Å²) in [5.74, 6) is 0.143. The maximum Gasteiger partial charge on any atom is 0.315 e. The number of ether oxygens (including phenoxy) is 4. The van der Waals surface area contributed by atoms with Gasteiger partial charge in [-0.3, -0.25) is 4.79 Å². The normalized spacial score (nSPS) is 53.6. The van der Waals surface area contributed by atoms with Gasteiger partial charge in [0.15, 0.2) is 6.29 Å². The van der Waals surface area contributed by atoms with Crippen molar-refractivity contribution in [2.75, 3.05) is 19.8 Å². The van der Waals surface area contributed by atoms with Crippen molar-refractivity contribution >= 4 is 5.97 Å². The molecule has 302 valence electrons. The largest absolute Gasteiger partial charge is 0.432 e. The standard InChI is InChI=1S/C40H64O13/c1-36(2)14-15-40(35(49)53-34-32(48)30(46)29(45)24(17-41)51-34)13-8-21-20(22(40)16-36)6-7-25-37(21,3)11-9-26-38(25,4)12-10-27(39(26,5)19-42)52-33-31(47)28(44)23(43)18-50-33/h6,21-34,41-48H,7-19H2,1-5H3/t21-,22+,23+,24-,25+,26-,27+,28+,29-,30+,31-,32-,33+,34+,37+,38-,39+,40-/m1/s1. The van der Waals surface area contributed by atoms with Crippen molar-refractivity contribution in [1.29, 1.82) is 0 Å². The van der Waals surface area contributed by atoms with Crippen LogP contribution in [0.2, 0.25) is 0 Å². The van der Waals surface area contributed by atoms with Crippen LogP contribution in [0, 0.1) is 50.7 Å². The van der Waals surface area contributed by atoms with E-state index in [0.717, 1.165) is 44.9 Å². The molecule has 18 atom stereocenters. The van der Waals surface area contributed by atoms with Gasteiger partial charge < -0.3 is 59.8 Å². The van der Waals surface area contributed by atoms with Gasteiger partial charge in [-0.1, -0.05) is 46.3 Å². The minimum atomic E-state index is -1.66. The highest BCUT2D eigenvalue weighted by molar-refractivity contribution is 5.79. The minimum Gasteiger partial charge on any atom is -0.432 e. The second-order valence-corrected chi connectivity index (χ2v) is 19.4. The van der Waals surface area contributed by atoms with E-state index in [0.29, 0.717) is 25.2 Å². The van der Waals surface area contributed by atoms with E-state index in [1.165, 1.54) is 5.57 Å². The Bertz CT molecular complexity index is 1400. The van der Waals surface area contributed by atoms with Crippen LogP contribution in [0.1, 0.15) is 98.8 Å². The van der Waals surface area contributed by atoms with E-state index in [-0.39, 0.29) is 47.2 Å². The number of fused-ring (bicyclic) bond motifs is 7. The SMILES string of the molecule is CC1(C)CC[C@]2(C(=O)O[C@@H]3O[C@H](CO)[C@@H](O)[C@H](O)[C@H]3O)CC[C@@H]3C(=CC[C@@H]4[C@@]5(C)CC[C@H](O[C@@H]6OC[C@H](O)[C@H](O)[C@H]6O)[C@@](C)(CO)[C@@H]5CC[C@]43C)[C@@H]2C1. The smallest absolute Gasteiger partial charge is 0.315 e. The molecular weight excluding hydrogens is 688 g/mol. The van der Waals surface area contributed by atoms with E-state index in [1.807, 2.05) is 0 Å². The quantitative estimate of drug-likeness (QED) is 0.110. The highest BCUT2D eigenvalue weighted by Gasteiger charge is 2.67. The van der Waals surface area contributed by atoms with Crippen LogP contribution in [-0.2, 0) is 23.7 Å². The third kappa shape index (κ3) is 6.18. The molecule has 0 aromatic carbocycles. The first-order valence-corrected chi connectivity index (χ1v) is 20.0. The van der Waals surface area contributed by atoms with Crippen molar-refractivity contribution in [3.8, 4) is 0 Å². The third-order valence-corrected chi connectivity index (χ3v) is 16.1. The number of hydrogen-bond acceptors (Lipinski definition) is 13. The van der Waals surface area contributed by atoms with E-state index in [2.05, 4.69) is 40.7 Å². The van der Waals surface area contributed by atoms with E-state index in [1.54, 1.807) is 0 Å². The summed E-state index contributed by atoms with van der Waals surface area (Å²) in [7, 11) is 0. The molecule has 0 aromatic rings. The van der Waals surface area contributed by atoms with Gasteiger partial charge in [-0.25, -0.2) is 0 Å². The van der Waals surface area contributed by atoms with Gasteiger partial charge in [0.25, 0.3) is 0 Å². The Morgan fingerprint density at radius 2 is 1.47 bits per heavy atom. The van der Waals surface area contributed by atoms with Gasteiger partial charge >= 0.3 is 5.97 Å². The molecule has 7 aliphatic rings. The van der Waals surface area contributed by atoms with Crippen LogP contribution in [0.4, 0.5) is 0 Å². The maximum atomic E-state index is 14.4. The predicted molar refractivity (Wildman–Crippen MR) is 188 cm³/mol. The summed E-state index contributed by atoms with van der Waals surface area (Å²) in [6.45, 7) is 10.5. The van der Waals surface area contributed by atoms with Gasteiger partial charge in [-0.2, -0.15) is 0 Å². The number of aliphatic hydroxyl groups is 8. The number of aliphatic hydroxyl groups excluding tert-OH is 8. The highest BCUT2D eigenvalue weighted by Crippen LogP contribution is 2.72. The number of hydrogen-bond donors (Lipinski definition) is 8. The Hall–Kier alpha value is -1.23. The van der Waals surface area contributed by atoms with Crippen LogP contribution in [0.25, 0.3) is 0 Å². The molecule has 0 amide bonds. The zero-order valence-electron chi connectivity index (χ0n) is 32.0. The van der Waals surface area contributed by atoms with E-state index < -0.39 is 84.8 Å². The zero-order valence-corrected chi connectivity index (χ0v) is 32.0. The zero-order chi connectivity index (χ0) is 38.5. The molecule has 2 aliphatic heterocycles. The fourth-order valence-electron chi connectivity index (χ4n) is 13.0. The van der Waals surface area contributed by atoms with E-state index in [9.17, 15) is 45.6 Å². The van der Waals surface area contributed by atoms with Crippen LogP contribution >= 0.6 is 0 Å². The Labute approximate surface area is 312 Å². The first-order chi connectivity index (χ1) is 24.9. The number of rotatable bonds is 6. The lowest BCUT2D eigenvalue weighted by atomic mass is 9.37. The number of carbonyl (C=O) groups is 1. The van der Waals surface area contributed by atoms with Crippen molar-refractivity contribution < 1.29 is 64.6 Å². The molecule has 2 saturated heterocycles. The van der Waals surface area contributed by atoms with Gasteiger partial charge in [0.2, 0.25) is 6.29 Å². The third-order valence-electron chi connectivity index (χ3n) is 16.1. The molecule has 53 heavy (non-hydrogen) atoms. The average Bonchev–Trinajstić information content (AvgIpc) is 3.12. The average molecular weight is 753 g/mol. The van der Waals surface area contributed by atoms with Crippen molar-refractivity contribution in [3.63, 3.8) is 0 Å². The highest BCUT2D eigenvalue weighted by atomic mass is 16.7. The summed E-state index contributed by atoms with van der Waals surface area (Å²) in [5.41, 5.74) is -0.338. The number of allylic oxidation sites excluding steroid dienone is 2. The molecule has 5 aliphatic carbocycles. The molecular formula is C40H64O13. The van der Waals surface area contributed by atoms with Crippen LogP contribution < -0.4 is 0 Å². The van der Waals surface area contributed by atoms with E-state index in [4.69, 9.17) is 18.9 Å². The lowest BCUT2D eigenvalue weighted by Crippen LogP contribution is -2.65. The second-order valence-electron chi connectivity index (χ2n) is 19.4. The predicted octanol–water partition coefficient (Wildman–Crippen LogP) is 1.54.